The van der Waals surface area contributed by atoms with E-state index in [-0.39, 0.29) is 12.5 Å². The highest BCUT2D eigenvalue weighted by Crippen LogP contribution is 2.07. The molecule has 98 valence electrons. The van der Waals surface area contributed by atoms with Gasteiger partial charge in [0.2, 0.25) is 11.9 Å². The minimum absolute atomic E-state index is 0.0839. The second-order valence-corrected chi connectivity index (χ2v) is 3.97. The Balaban J connectivity index is 1.93. The Morgan fingerprint density at radius 2 is 1.89 bits per heavy atom. The molecule has 1 heterocycles. The summed E-state index contributed by atoms with van der Waals surface area (Å²) in [4.78, 5) is 20.9. The maximum atomic E-state index is 12.7. The number of para-hydroxylation sites is 1. The highest BCUT2D eigenvalue weighted by molar-refractivity contribution is 5.93. The van der Waals surface area contributed by atoms with Crippen LogP contribution in [0.2, 0.25) is 0 Å². The van der Waals surface area contributed by atoms with Gasteiger partial charge < -0.3 is 10.2 Å². The summed E-state index contributed by atoms with van der Waals surface area (Å²) in [6.07, 6.45) is 2.13. The van der Waals surface area contributed by atoms with Crippen molar-refractivity contribution in [1.82, 2.24) is 9.97 Å². The van der Waals surface area contributed by atoms with E-state index in [9.17, 15) is 9.18 Å². The second kappa shape index (κ2) is 5.90. The van der Waals surface area contributed by atoms with Crippen LogP contribution in [0.15, 0.2) is 42.7 Å². The molecule has 1 N–H and O–H groups in total. The third kappa shape index (κ3) is 3.74. The molecule has 0 saturated carbocycles. The molecule has 1 aromatic heterocycles. The Morgan fingerprint density at radius 3 is 2.53 bits per heavy atom. The zero-order valence-electron chi connectivity index (χ0n) is 10.4. The second-order valence-electron chi connectivity index (χ2n) is 3.97. The fraction of sp³-hybridized carbons (Fsp3) is 0.154. The van der Waals surface area contributed by atoms with Crippen molar-refractivity contribution in [3.63, 3.8) is 0 Å². The molecule has 0 aliphatic heterocycles. The van der Waals surface area contributed by atoms with Crippen molar-refractivity contribution in [2.24, 2.45) is 0 Å². The average Bonchev–Trinajstić information content (AvgIpc) is 2.40. The molecule has 0 bridgehead atoms. The van der Waals surface area contributed by atoms with Crippen LogP contribution in [0, 0.1) is 5.82 Å². The number of carbonyl (C=O) groups is 1. The van der Waals surface area contributed by atoms with E-state index in [4.69, 9.17) is 0 Å². The molecule has 19 heavy (non-hydrogen) atoms. The average molecular weight is 260 g/mol. The van der Waals surface area contributed by atoms with Crippen LogP contribution in [0.5, 0.6) is 0 Å². The first-order valence-corrected chi connectivity index (χ1v) is 5.69. The maximum absolute atomic E-state index is 12.7. The van der Waals surface area contributed by atoms with E-state index in [1.807, 2.05) is 18.2 Å². The topological polar surface area (TPSA) is 58.1 Å². The summed E-state index contributed by atoms with van der Waals surface area (Å²) in [5, 5.41) is 2.74. The number of rotatable bonds is 4. The normalized spacial score (nSPS) is 10.0. The third-order valence-corrected chi connectivity index (χ3v) is 2.39. The number of hydrogen-bond acceptors (Lipinski definition) is 4. The van der Waals surface area contributed by atoms with Crippen LogP contribution in [-0.4, -0.2) is 29.5 Å². The number of nitrogens with one attached hydrogen (secondary N) is 1. The molecule has 1 aromatic carbocycles. The van der Waals surface area contributed by atoms with Gasteiger partial charge >= 0.3 is 0 Å². The Kier molecular flexibility index (Phi) is 4.02. The number of benzene rings is 1. The first kappa shape index (κ1) is 12.9. The van der Waals surface area contributed by atoms with E-state index in [0.717, 1.165) is 18.1 Å². The van der Waals surface area contributed by atoms with E-state index in [0.29, 0.717) is 5.95 Å². The lowest BCUT2D eigenvalue weighted by Crippen LogP contribution is -2.31. The Labute approximate surface area is 110 Å². The van der Waals surface area contributed by atoms with Crippen molar-refractivity contribution in [2.75, 3.05) is 23.8 Å². The summed E-state index contributed by atoms with van der Waals surface area (Å²) in [5.74, 6) is -0.405. The quantitative estimate of drug-likeness (QED) is 0.908. The van der Waals surface area contributed by atoms with Crippen LogP contribution in [0.25, 0.3) is 0 Å². The molecule has 2 rings (SSSR count). The SMILES string of the molecule is CN(CC(=O)Nc1ccccc1)c1ncc(F)cn1. The predicted molar refractivity (Wildman–Crippen MR) is 70.3 cm³/mol. The van der Waals surface area contributed by atoms with Crippen molar-refractivity contribution >= 4 is 17.5 Å². The fourth-order valence-corrected chi connectivity index (χ4v) is 1.51. The number of carbonyl (C=O) groups excluding carboxylic acids is 1. The molecule has 0 aliphatic carbocycles. The van der Waals surface area contributed by atoms with Crippen molar-refractivity contribution in [2.45, 2.75) is 0 Å². The Hall–Kier alpha value is -2.50. The number of halogens is 1. The lowest BCUT2D eigenvalue weighted by molar-refractivity contribution is -0.114. The first-order valence-electron chi connectivity index (χ1n) is 5.69. The molecule has 5 nitrogen and oxygen atoms in total. The van der Waals surface area contributed by atoms with Crippen molar-refractivity contribution in [1.29, 1.82) is 0 Å². The molecule has 6 heteroatoms. The molecule has 0 saturated heterocycles. The summed E-state index contributed by atoms with van der Waals surface area (Å²) < 4.78 is 12.7. The van der Waals surface area contributed by atoms with Crippen molar-refractivity contribution < 1.29 is 9.18 Å². The monoisotopic (exact) mass is 260 g/mol. The highest BCUT2D eigenvalue weighted by Gasteiger charge is 2.09. The van der Waals surface area contributed by atoms with Crippen LogP contribution >= 0.6 is 0 Å². The van der Waals surface area contributed by atoms with Gasteiger partial charge in [0.05, 0.1) is 18.9 Å². The molecule has 0 radical (unpaired) electrons. The number of nitrogens with zero attached hydrogens (tertiary/aromatic N) is 3. The maximum Gasteiger partial charge on any atom is 0.243 e. The smallest absolute Gasteiger partial charge is 0.243 e. The molecule has 2 aromatic rings. The molecule has 0 fully saturated rings. The molecule has 0 unspecified atom stereocenters. The molecular formula is C13H13FN4O. The minimum atomic E-state index is -0.508. The largest absolute Gasteiger partial charge is 0.335 e. The molecule has 0 aliphatic rings. The van der Waals surface area contributed by atoms with Crippen LogP contribution in [0.1, 0.15) is 0 Å². The molecule has 1 amide bonds. The third-order valence-electron chi connectivity index (χ3n) is 2.39. The van der Waals surface area contributed by atoms with Crippen molar-refractivity contribution in [3.05, 3.63) is 48.5 Å². The summed E-state index contributed by atoms with van der Waals surface area (Å²) in [7, 11) is 1.66. The van der Waals surface area contributed by atoms with Crippen LogP contribution in [0.4, 0.5) is 16.0 Å². The van der Waals surface area contributed by atoms with Gasteiger partial charge in [-0.3, -0.25) is 4.79 Å². The van der Waals surface area contributed by atoms with Gasteiger partial charge in [-0.15, -0.1) is 0 Å². The zero-order valence-corrected chi connectivity index (χ0v) is 10.4. The van der Waals surface area contributed by atoms with Crippen LogP contribution in [-0.2, 0) is 4.79 Å². The van der Waals surface area contributed by atoms with Crippen LogP contribution < -0.4 is 10.2 Å². The summed E-state index contributed by atoms with van der Waals surface area (Å²) in [5.41, 5.74) is 0.723. The number of hydrogen-bond donors (Lipinski definition) is 1. The Morgan fingerprint density at radius 1 is 1.26 bits per heavy atom. The van der Waals surface area contributed by atoms with Crippen LogP contribution in [0.3, 0.4) is 0 Å². The number of anilines is 2. The lowest BCUT2D eigenvalue weighted by Gasteiger charge is -2.16. The van der Waals surface area contributed by atoms with Gasteiger partial charge in [-0.05, 0) is 12.1 Å². The van der Waals surface area contributed by atoms with E-state index in [1.165, 1.54) is 4.90 Å². The standard InChI is InChI=1S/C13H13FN4O/c1-18(13-15-7-10(14)8-16-13)9-12(19)17-11-5-3-2-4-6-11/h2-8H,9H2,1H3,(H,17,19). The van der Waals surface area contributed by atoms with E-state index >= 15 is 0 Å². The van der Waals surface area contributed by atoms with Gasteiger partial charge in [0.15, 0.2) is 5.82 Å². The van der Waals surface area contributed by atoms with E-state index in [1.54, 1.807) is 19.2 Å². The summed E-state index contributed by atoms with van der Waals surface area (Å²) in [6, 6.07) is 9.14. The summed E-state index contributed by atoms with van der Waals surface area (Å²) in [6.45, 7) is 0.0839. The Bertz CT molecular complexity index is 544. The van der Waals surface area contributed by atoms with Gasteiger partial charge in [-0.25, -0.2) is 14.4 Å². The molecule has 0 atom stereocenters. The summed E-state index contributed by atoms with van der Waals surface area (Å²) >= 11 is 0. The van der Waals surface area contributed by atoms with Gasteiger partial charge in [0.1, 0.15) is 0 Å². The molecular weight excluding hydrogens is 247 g/mol. The minimum Gasteiger partial charge on any atom is -0.335 e. The molecule has 0 spiro atoms. The first-order chi connectivity index (χ1) is 9.15. The van der Waals surface area contributed by atoms with E-state index < -0.39 is 5.82 Å². The van der Waals surface area contributed by atoms with Crippen molar-refractivity contribution in [3.8, 4) is 0 Å². The van der Waals surface area contributed by atoms with Gasteiger partial charge in [-0.2, -0.15) is 0 Å². The van der Waals surface area contributed by atoms with E-state index in [2.05, 4.69) is 15.3 Å². The fourth-order valence-electron chi connectivity index (χ4n) is 1.51. The number of amides is 1. The number of likely N-dealkylation sites (N-methyl/N-ethyl adjacent to an activating group) is 1. The predicted octanol–water partition coefficient (Wildman–Crippen LogP) is 1.69. The van der Waals surface area contributed by atoms with Gasteiger partial charge in [-0.1, -0.05) is 18.2 Å². The zero-order chi connectivity index (χ0) is 13.7. The highest BCUT2D eigenvalue weighted by atomic mass is 19.1. The van der Waals surface area contributed by atoms with Gasteiger partial charge in [0.25, 0.3) is 0 Å². The number of aromatic nitrogens is 2. The van der Waals surface area contributed by atoms with Gasteiger partial charge in [0, 0.05) is 12.7 Å². The lowest BCUT2D eigenvalue weighted by atomic mass is 10.3.